The molecule has 0 atom stereocenters. The number of benzene rings is 2. The van der Waals surface area contributed by atoms with Gasteiger partial charge in [-0.15, -0.1) is 0 Å². The molecule has 2 N–H and O–H groups in total. The number of hydrogen-bond donors (Lipinski definition) is 1. The van der Waals surface area contributed by atoms with Gasteiger partial charge in [0.2, 0.25) is 0 Å². The van der Waals surface area contributed by atoms with Crippen LogP contribution in [-0.2, 0) is 22.6 Å². The smallest absolute Gasteiger partial charge is 0.332 e. The molecule has 7 nitrogen and oxygen atoms in total. The van der Waals surface area contributed by atoms with E-state index in [0.717, 1.165) is 51.4 Å². The second kappa shape index (κ2) is 9.24. The summed E-state index contributed by atoms with van der Waals surface area (Å²) in [6.07, 6.45) is 0.835. The molecule has 0 aliphatic carbocycles. The van der Waals surface area contributed by atoms with E-state index in [-0.39, 0.29) is 5.84 Å². The minimum absolute atomic E-state index is 0.152. The van der Waals surface area contributed by atoms with Gasteiger partial charge in [0.25, 0.3) is 0 Å². The number of pyridine rings is 1. The van der Waals surface area contributed by atoms with Crippen LogP contribution in [0.1, 0.15) is 42.1 Å². The van der Waals surface area contributed by atoms with Crippen molar-refractivity contribution in [2.75, 3.05) is 0 Å². The van der Waals surface area contributed by atoms with Crippen LogP contribution in [0.5, 0.6) is 0 Å². The van der Waals surface area contributed by atoms with Gasteiger partial charge in [0, 0.05) is 24.6 Å². The maximum Gasteiger partial charge on any atom is 0.332 e. The largest absolute Gasteiger partial charge is 0.380 e. The van der Waals surface area contributed by atoms with Gasteiger partial charge in [-0.3, -0.25) is 0 Å². The van der Waals surface area contributed by atoms with E-state index in [1.165, 1.54) is 6.92 Å². The summed E-state index contributed by atoms with van der Waals surface area (Å²) in [6, 6.07) is 18.0. The highest BCUT2D eigenvalue weighted by Crippen LogP contribution is 2.26. The van der Waals surface area contributed by atoms with Crippen LogP contribution in [0.15, 0.2) is 59.8 Å². The van der Waals surface area contributed by atoms with Gasteiger partial charge in [-0.1, -0.05) is 60.6 Å². The molecule has 4 rings (SSSR count). The van der Waals surface area contributed by atoms with Crippen LogP contribution in [0, 0.1) is 13.8 Å². The number of aryl methyl sites for hydroxylation is 3. The number of fused-ring (bicyclic) bond motifs is 1. The molecule has 33 heavy (non-hydrogen) atoms. The summed E-state index contributed by atoms with van der Waals surface area (Å²) in [5, 5.41) is 3.74. The Morgan fingerprint density at radius 1 is 1.09 bits per heavy atom. The van der Waals surface area contributed by atoms with E-state index in [4.69, 9.17) is 20.5 Å². The Bertz CT molecular complexity index is 1350. The monoisotopic (exact) mass is 441 g/mol. The van der Waals surface area contributed by atoms with E-state index < -0.39 is 5.97 Å². The first-order chi connectivity index (χ1) is 15.9. The lowest BCUT2D eigenvalue weighted by Gasteiger charge is -2.11. The number of carbonyl (C=O) groups is 1. The quantitative estimate of drug-likeness (QED) is 0.206. The molecular weight excluding hydrogens is 414 g/mol. The molecule has 0 aliphatic heterocycles. The van der Waals surface area contributed by atoms with Crippen LogP contribution in [-0.4, -0.2) is 26.3 Å². The first kappa shape index (κ1) is 22.2. The molecule has 0 aliphatic rings. The van der Waals surface area contributed by atoms with Crippen LogP contribution >= 0.6 is 0 Å². The lowest BCUT2D eigenvalue weighted by atomic mass is 9.98. The molecule has 0 fully saturated rings. The Morgan fingerprint density at radius 2 is 1.82 bits per heavy atom. The fourth-order valence-corrected chi connectivity index (χ4v) is 3.98. The minimum Gasteiger partial charge on any atom is -0.380 e. The molecule has 0 unspecified atom stereocenters. The van der Waals surface area contributed by atoms with Crippen molar-refractivity contribution in [1.82, 2.24) is 14.5 Å². The molecule has 2 aromatic carbocycles. The normalized spacial score (nSPS) is 11.7. The van der Waals surface area contributed by atoms with Gasteiger partial charge in [0.15, 0.2) is 11.5 Å². The zero-order chi connectivity index (χ0) is 23.5. The number of carbonyl (C=O) groups excluding carboxylic acids is 1. The van der Waals surface area contributed by atoms with Crippen LogP contribution in [0.3, 0.4) is 0 Å². The van der Waals surface area contributed by atoms with Gasteiger partial charge in [-0.2, -0.15) is 0 Å². The average molecular weight is 442 g/mol. The van der Waals surface area contributed by atoms with E-state index in [1.54, 1.807) is 0 Å². The predicted molar refractivity (Wildman–Crippen MR) is 130 cm³/mol. The van der Waals surface area contributed by atoms with E-state index in [9.17, 15) is 4.79 Å². The van der Waals surface area contributed by atoms with Gasteiger partial charge in [0.1, 0.15) is 11.3 Å². The first-order valence-corrected chi connectivity index (χ1v) is 10.9. The Labute approximate surface area is 192 Å². The maximum absolute atomic E-state index is 11.1. The number of nitrogens with two attached hydrogens (primary N) is 1. The lowest BCUT2D eigenvalue weighted by molar-refractivity contribution is -0.140. The van der Waals surface area contributed by atoms with Gasteiger partial charge in [0.05, 0.1) is 6.54 Å². The Balaban J connectivity index is 1.66. The number of oxime groups is 1. The average Bonchev–Trinajstić information content (AvgIpc) is 3.15. The van der Waals surface area contributed by atoms with Crippen LogP contribution in [0.25, 0.3) is 22.3 Å². The van der Waals surface area contributed by atoms with Crippen LogP contribution in [0.2, 0.25) is 0 Å². The van der Waals surface area contributed by atoms with Crippen molar-refractivity contribution >= 4 is 23.0 Å². The zero-order valence-corrected chi connectivity index (χ0v) is 19.3. The first-order valence-electron chi connectivity index (χ1n) is 10.9. The highest BCUT2D eigenvalue weighted by molar-refractivity contribution is 6.03. The molecule has 0 spiro atoms. The van der Waals surface area contributed by atoms with E-state index in [2.05, 4.69) is 53.9 Å². The van der Waals surface area contributed by atoms with Crippen molar-refractivity contribution < 1.29 is 9.63 Å². The summed E-state index contributed by atoms with van der Waals surface area (Å²) < 4.78 is 2.20. The number of rotatable bonds is 6. The molecule has 0 radical (unpaired) electrons. The molecule has 7 heteroatoms. The van der Waals surface area contributed by atoms with Crippen molar-refractivity contribution in [2.45, 2.75) is 40.7 Å². The molecule has 4 aromatic rings. The standard InChI is InChI=1S/C26H27N5O2/c1-5-23-29-24-16(2)14-17(3)28-26(24)31(23)15-19-10-12-20(13-11-19)21-8-6-7-9-22(21)25(27)30-33-18(4)32/h6-14H,5,15H2,1-4H3,(H2,27,30). The zero-order valence-electron chi connectivity index (χ0n) is 19.3. The number of imidazole rings is 1. The molecule has 0 saturated heterocycles. The third kappa shape index (κ3) is 4.62. The van der Waals surface area contributed by atoms with Crippen molar-refractivity contribution in [1.29, 1.82) is 0 Å². The third-order valence-electron chi connectivity index (χ3n) is 5.50. The lowest BCUT2D eigenvalue weighted by Crippen LogP contribution is -2.15. The molecule has 0 saturated carbocycles. The third-order valence-corrected chi connectivity index (χ3v) is 5.50. The van der Waals surface area contributed by atoms with Gasteiger partial charge in [-0.05, 0) is 42.2 Å². The van der Waals surface area contributed by atoms with Gasteiger partial charge in [-0.25, -0.2) is 14.8 Å². The predicted octanol–water partition coefficient (Wildman–Crippen LogP) is 4.51. The summed E-state index contributed by atoms with van der Waals surface area (Å²) in [4.78, 5) is 25.4. The molecule has 168 valence electrons. The second-order valence-electron chi connectivity index (χ2n) is 8.02. The minimum atomic E-state index is -0.516. The van der Waals surface area contributed by atoms with Crippen LogP contribution in [0.4, 0.5) is 0 Å². The number of aromatic nitrogens is 3. The fraction of sp³-hybridized carbons (Fsp3) is 0.231. The van der Waals surface area contributed by atoms with Gasteiger partial charge < -0.3 is 15.1 Å². The van der Waals surface area contributed by atoms with Crippen molar-refractivity contribution in [2.24, 2.45) is 10.9 Å². The van der Waals surface area contributed by atoms with E-state index in [1.807, 2.05) is 31.2 Å². The van der Waals surface area contributed by atoms with E-state index in [0.29, 0.717) is 12.1 Å². The second-order valence-corrected chi connectivity index (χ2v) is 8.02. The molecule has 2 heterocycles. The van der Waals surface area contributed by atoms with Gasteiger partial charge >= 0.3 is 5.97 Å². The Morgan fingerprint density at radius 3 is 2.52 bits per heavy atom. The number of hydrogen-bond acceptors (Lipinski definition) is 5. The topological polar surface area (TPSA) is 95.4 Å². The Hall–Kier alpha value is -4.00. The van der Waals surface area contributed by atoms with Crippen molar-refractivity contribution in [3.05, 3.63) is 82.8 Å². The van der Waals surface area contributed by atoms with Crippen molar-refractivity contribution in [3.8, 4) is 11.1 Å². The summed E-state index contributed by atoms with van der Waals surface area (Å²) in [6.45, 7) is 8.18. The molecule has 2 aromatic heterocycles. The number of amidine groups is 1. The summed E-state index contributed by atoms with van der Waals surface area (Å²) in [5.74, 6) is 0.660. The summed E-state index contributed by atoms with van der Waals surface area (Å²) in [7, 11) is 0. The number of nitrogens with zero attached hydrogens (tertiary/aromatic N) is 4. The molecular formula is C26H27N5O2. The Kier molecular flexibility index (Phi) is 6.22. The maximum atomic E-state index is 11.1. The van der Waals surface area contributed by atoms with Crippen LogP contribution < -0.4 is 5.73 Å². The van der Waals surface area contributed by atoms with Crippen molar-refractivity contribution in [3.63, 3.8) is 0 Å². The van der Waals surface area contributed by atoms with E-state index >= 15 is 0 Å². The SMILES string of the molecule is CCc1nc2c(C)cc(C)nc2n1Cc1ccc(-c2ccccc2/C(N)=N/OC(C)=O)cc1. The molecule has 0 amide bonds. The fourth-order valence-electron chi connectivity index (χ4n) is 3.98. The highest BCUT2D eigenvalue weighted by atomic mass is 16.7. The summed E-state index contributed by atoms with van der Waals surface area (Å²) >= 11 is 0. The summed E-state index contributed by atoms with van der Waals surface area (Å²) in [5.41, 5.74) is 13.8. The highest BCUT2D eigenvalue weighted by Gasteiger charge is 2.14. The molecule has 0 bridgehead atoms.